The highest BCUT2D eigenvalue weighted by atomic mass is 16.2. The number of para-hydroxylation sites is 1. The van der Waals surface area contributed by atoms with Crippen molar-refractivity contribution in [1.82, 2.24) is 15.6 Å². The topological polar surface area (TPSA) is 56.9 Å². The summed E-state index contributed by atoms with van der Waals surface area (Å²) in [7, 11) is 0. The Labute approximate surface area is 141 Å². The highest BCUT2D eigenvalue weighted by Gasteiger charge is 2.26. The molecule has 0 saturated heterocycles. The molecule has 2 aromatic carbocycles. The predicted molar refractivity (Wildman–Crippen MR) is 95.8 cm³/mol. The molecular weight excluding hydrogens is 298 g/mol. The fourth-order valence-corrected chi connectivity index (χ4v) is 3.42. The molecule has 1 amide bonds. The molecular formula is C20H21N3O. The molecule has 2 heterocycles. The van der Waals surface area contributed by atoms with Crippen LogP contribution in [-0.2, 0) is 24.2 Å². The molecule has 0 bridgehead atoms. The van der Waals surface area contributed by atoms with Crippen molar-refractivity contribution in [3.8, 4) is 0 Å². The minimum Gasteiger partial charge on any atom is -0.357 e. The number of aromatic amines is 1. The number of carbonyl (C=O) groups excluding carboxylic acids is 1. The van der Waals surface area contributed by atoms with Crippen LogP contribution in [0.5, 0.6) is 0 Å². The molecule has 1 aromatic heterocycles. The van der Waals surface area contributed by atoms with E-state index in [1.165, 1.54) is 22.2 Å². The SMILES string of the molecule is O=C(NCCc1ccccc1)C1Cc2c([nH]c3ccccc23)CN1. The lowest BCUT2D eigenvalue weighted by molar-refractivity contribution is -0.123. The lowest BCUT2D eigenvalue weighted by Gasteiger charge is -2.23. The second-order valence-corrected chi connectivity index (χ2v) is 6.29. The second-order valence-electron chi connectivity index (χ2n) is 6.29. The van der Waals surface area contributed by atoms with Crippen LogP contribution < -0.4 is 10.6 Å². The van der Waals surface area contributed by atoms with Gasteiger partial charge in [0.1, 0.15) is 0 Å². The molecule has 24 heavy (non-hydrogen) atoms. The van der Waals surface area contributed by atoms with E-state index in [0.717, 1.165) is 18.4 Å². The summed E-state index contributed by atoms with van der Waals surface area (Å²) in [4.78, 5) is 15.9. The minimum absolute atomic E-state index is 0.0851. The number of fused-ring (bicyclic) bond motifs is 3. The van der Waals surface area contributed by atoms with Crippen LogP contribution in [0.4, 0.5) is 0 Å². The largest absolute Gasteiger partial charge is 0.357 e. The maximum absolute atomic E-state index is 12.5. The van der Waals surface area contributed by atoms with Crippen LogP contribution in [0.3, 0.4) is 0 Å². The number of carbonyl (C=O) groups is 1. The van der Waals surface area contributed by atoms with Gasteiger partial charge in [0, 0.05) is 29.7 Å². The first-order valence-electron chi connectivity index (χ1n) is 8.45. The van der Waals surface area contributed by atoms with E-state index in [1.54, 1.807) is 0 Å². The number of hydrogen-bond donors (Lipinski definition) is 3. The molecule has 1 aliphatic heterocycles. The average Bonchev–Trinajstić information content (AvgIpc) is 3.00. The zero-order valence-corrected chi connectivity index (χ0v) is 13.5. The van der Waals surface area contributed by atoms with Crippen LogP contribution in [0.15, 0.2) is 54.6 Å². The molecule has 3 aromatic rings. The zero-order chi connectivity index (χ0) is 16.4. The Morgan fingerprint density at radius 2 is 1.88 bits per heavy atom. The van der Waals surface area contributed by atoms with Crippen LogP contribution in [0, 0.1) is 0 Å². The number of H-pyrrole nitrogens is 1. The van der Waals surface area contributed by atoms with Crippen molar-refractivity contribution in [3.05, 3.63) is 71.4 Å². The molecule has 4 nitrogen and oxygen atoms in total. The molecule has 0 radical (unpaired) electrons. The first kappa shape index (κ1) is 15.0. The van der Waals surface area contributed by atoms with Gasteiger partial charge in [0.2, 0.25) is 5.91 Å². The highest BCUT2D eigenvalue weighted by Crippen LogP contribution is 2.26. The summed E-state index contributed by atoms with van der Waals surface area (Å²) in [5, 5.41) is 7.63. The van der Waals surface area contributed by atoms with Crippen molar-refractivity contribution in [1.29, 1.82) is 0 Å². The number of rotatable bonds is 4. The van der Waals surface area contributed by atoms with E-state index in [2.05, 4.69) is 39.9 Å². The monoisotopic (exact) mass is 319 g/mol. The first-order valence-corrected chi connectivity index (χ1v) is 8.45. The number of amides is 1. The molecule has 3 N–H and O–H groups in total. The van der Waals surface area contributed by atoms with Crippen LogP contribution in [0.1, 0.15) is 16.8 Å². The van der Waals surface area contributed by atoms with Crippen LogP contribution >= 0.6 is 0 Å². The van der Waals surface area contributed by atoms with E-state index >= 15 is 0 Å². The van der Waals surface area contributed by atoms with E-state index < -0.39 is 0 Å². The second kappa shape index (κ2) is 6.49. The summed E-state index contributed by atoms with van der Waals surface area (Å²) in [5.41, 5.74) is 4.86. The molecule has 4 rings (SSSR count). The minimum atomic E-state index is -0.160. The number of nitrogens with one attached hydrogen (secondary N) is 3. The Hall–Kier alpha value is -2.59. The van der Waals surface area contributed by atoms with Gasteiger partial charge in [-0.05, 0) is 30.0 Å². The molecule has 0 spiro atoms. The van der Waals surface area contributed by atoms with Crippen molar-refractivity contribution in [2.75, 3.05) is 6.54 Å². The average molecular weight is 319 g/mol. The quantitative estimate of drug-likeness (QED) is 0.692. The standard InChI is InChI=1S/C20H21N3O/c24-20(21-11-10-14-6-2-1-3-7-14)18-12-16-15-8-4-5-9-17(15)23-19(16)13-22-18/h1-9,18,22-23H,10-13H2,(H,21,24). The van der Waals surface area contributed by atoms with Gasteiger partial charge >= 0.3 is 0 Å². The van der Waals surface area contributed by atoms with Gasteiger partial charge in [-0.2, -0.15) is 0 Å². The number of hydrogen-bond acceptors (Lipinski definition) is 2. The number of benzene rings is 2. The van der Waals surface area contributed by atoms with E-state index in [4.69, 9.17) is 0 Å². The third-order valence-electron chi connectivity index (χ3n) is 4.71. The highest BCUT2D eigenvalue weighted by molar-refractivity contribution is 5.88. The van der Waals surface area contributed by atoms with E-state index in [1.807, 2.05) is 30.3 Å². The summed E-state index contributed by atoms with van der Waals surface area (Å²) >= 11 is 0. The zero-order valence-electron chi connectivity index (χ0n) is 13.5. The smallest absolute Gasteiger partial charge is 0.237 e. The van der Waals surface area contributed by atoms with Crippen molar-refractivity contribution in [3.63, 3.8) is 0 Å². The van der Waals surface area contributed by atoms with Crippen LogP contribution in [-0.4, -0.2) is 23.5 Å². The molecule has 1 atom stereocenters. The fourth-order valence-electron chi connectivity index (χ4n) is 3.42. The Morgan fingerprint density at radius 1 is 1.08 bits per heavy atom. The van der Waals surface area contributed by atoms with Gasteiger partial charge in [-0.3, -0.25) is 10.1 Å². The lowest BCUT2D eigenvalue weighted by atomic mass is 9.98. The Kier molecular flexibility index (Phi) is 4.05. The van der Waals surface area contributed by atoms with Gasteiger partial charge in [0.25, 0.3) is 0 Å². The van der Waals surface area contributed by atoms with Crippen molar-refractivity contribution >= 4 is 16.8 Å². The van der Waals surface area contributed by atoms with E-state index in [0.29, 0.717) is 13.1 Å². The summed E-state index contributed by atoms with van der Waals surface area (Å²) in [6.07, 6.45) is 1.59. The van der Waals surface area contributed by atoms with Crippen molar-refractivity contribution < 1.29 is 4.79 Å². The molecule has 1 aliphatic rings. The van der Waals surface area contributed by atoms with Gasteiger partial charge < -0.3 is 10.3 Å². The number of aromatic nitrogens is 1. The molecule has 122 valence electrons. The Balaban J connectivity index is 1.40. The third kappa shape index (κ3) is 2.93. The van der Waals surface area contributed by atoms with E-state index in [9.17, 15) is 4.79 Å². The maximum atomic E-state index is 12.5. The Morgan fingerprint density at radius 3 is 2.75 bits per heavy atom. The van der Waals surface area contributed by atoms with Gasteiger partial charge in [0.15, 0.2) is 0 Å². The Bertz CT molecular complexity index is 854. The van der Waals surface area contributed by atoms with Gasteiger partial charge in [-0.15, -0.1) is 0 Å². The molecule has 0 saturated carbocycles. The third-order valence-corrected chi connectivity index (χ3v) is 4.71. The molecule has 0 aliphatic carbocycles. The van der Waals surface area contributed by atoms with E-state index in [-0.39, 0.29) is 11.9 Å². The van der Waals surface area contributed by atoms with Crippen LogP contribution in [0.25, 0.3) is 10.9 Å². The summed E-state index contributed by atoms with van der Waals surface area (Å²) in [6, 6.07) is 18.4. The summed E-state index contributed by atoms with van der Waals surface area (Å²) in [6.45, 7) is 1.38. The lowest BCUT2D eigenvalue weighted by Crippen LogP contribution is -2.48. The first-order chi connectivity index (χ1) is 11.8. The van der Waals surface area contributed by atoms with Crippen molar-refractivity contribution in [2.45, 2.75) is 25.4 Å². The maximum Gasteiger partial charge on any atom is 0.237 e. The summed E-state index contributed by atoms with van der Waals surface area (Å²) in [5.74, 6) is 0.0851. The fraction of sp³-hybridized carbons (Fsp3) is 0.250. The van der Waals surface area contributed by atoms with Crippen LogP contribution in [0.2, 0.25) is 0 Å². The van der Waals surface area contributed by atoms with Crippen molar-refractivity contribution in [2.24, 2.45) is 0 Å². The van der Waals surface area contributed by atoms with Gasteiger partial charge in [0.05, 0.1) is 6.04 Å². The summed E-state index contributed by atoms with van der Waals surface area (Å²) < 4.78 is 0. The molecule has 0 fully saturated rings. The predicted octanol–water partition coefficient (Wildman–Crippen LogP) is 2.54. The van der Waals surface area contributed by atoms with Gasteiger partial charge in [-0.1, -0.05) is 48.5 Å². The van der Waals surface area contributed by atoms with Gasteiger partial charge in [-0.25, -0.2) is 0 Å². The molecule has 4 heteroatoms. The molecule has 1 unspecified atom stereocenters. The normalized spacial score (nSPS) is 16.8.